The normalized spacial score (nSPS) is 11.3. The lowest BCUT2D eigenvalue weighted by atomic mass is 10.1. The fourth-order valence-electron chi connectivity index (χ4n) is 2.90. The number of aromatic nitrogens is 1. The van der Waals surface area contributed by atoms with Crippen LogP contribution in [0.1, 0.15) is 16.9 Å². The first-order valence-electron chi connectivity index (χ1n) is 8.59. The molecule has 1 N–H and O–H groups in total. The number of anilines is 1. The Labute approximate surface area is 156 Å². The van der Waals surface area contributed by atoms with E-state index in [1.54, 1.807) is 42.7 Å². The number of nitrogens with zero attached hydrogens (tertiary/aromatic N) is 1. The molecule has 27 heavy (non-hydrogen) atoms. The van der Waals surface area contributed by atoms with Crippen LogP contribution >= 0.6 is 0 Å². The molecule has 0 aliphatic rings. The summed E-state index contributed by atoms with van der Waals surface area (Å²) in [7, 11) is 0. The summed E-state index contributed by atoms with van der Waals surface area (Å²) in [6.45, 7) is 4.09. The Morgan fingerprint density at radius 1 is 1.11 bits per heavy atom. The summed E-state index contributed by atoms with van der Waals surface area (Å²) in [5.41, 5.74) is 5.28. The number of benzene rings is 2. The first-order valence-corrected chi connectivity index (χ1v) is 8.59. The molecular formula is C22H18N2O3. The molecule has 0 aliphatic heterocycles. The highest BCUT2D eigenvalue weighted by atomic mass is 16.3. The van der Waals surface area contributed by atoms with E-state index in [9.17, 15) is 4.79 Å². The van der Waals surface area contributed by atoms with Crippen molar-refractivity contribution in [3.05, 3.63) is 77.8 Å². The minimum absolute atomic E-state index is 0.246. The summed E-state index contributed by atoms with van der Waals surface area (Å²) in [6, 6.07) is 15.1. The maximum atomic E-state index is 12.1. The molecular weight excluding hydrogens is 340 g/mol. The molecule has 2 heterocycles. The van der Waals surface area contributed by atoms with Crippen LogP contribution < -0.4 is 5.32 Å². The Morgan fingerprint density at radius 3 is 2.78 bits per heavy atom. The maximum absolute atomic E-state index is 12.1. The summed E-state index contributed by atoms with van der Waals surface area (Å²) in [4.78, 5) is 16.6. The molecule has 2 aromatic heterocycles. The molecule has 0 aliphatic carbocycles. The Balaban J connectivity index is 1.56. The van der Waals surface area contributed by atoms with E-state index < -0.39 is 0 Å². The number of carbonyl (C=O) groups is 1. The summed E-state index contributed by atoms with van der Waals surface area (Å²) in [5, 5.41) is 2.82. The number of oxazole rings is 1. The molecule has 0 unspecified atom stereocenters. The van der Waals surface area contributed by atoms with Gasteiger partial charge in [-0.3, -0.25) is 4.79 Å². The van der Waals surface area contributed by atoms with Crippen LogP contribution in [0.3, 0.4) is 0 Å². The second kappa shape index (κ2) is 6.96. The second-order valence-corrected chi connectivity index (χ2v) is 6.36. The Hall–Kier alpha value is -3.60. The topological polar surface area (TPSA) is 68.3 Å². The molecule has 0 saturated carbocycles. The molecule has 5 heteroatoms. The van der Waals surface area contributed by atoms with Crippen LogP contribution in [0.4, 0.5) is 5.69 Å². The van der Waals surface area contributed by atoms with Gasteiger partial charge in [0, 0.05) is 17.3 Å². The van der Waals surface area contributed by atoms with Crippen LogP contribution in [0.15, 0.2) is 69.7 Å². The van der Waals surface area contributed by atoms with Gasteiger partial charge in [0.2, 0.25) is 11.8 Å². The molecule has 0 fully saturated rings. The predicted octanol–water partition coefficient (Wildman–Crippen LogP) is 5.36. The summed E-state index contributed by atoms with van der Waals surface area (Å²) in [6.07, 6.45) is 4.60. The van der Waals surface area contributed by atoms with Crippen molar-refractivity contribution in [1.82, 2.24) is 4.98 Å². The first-order chi connectivity index (χ1) is 13.1. The minimum atomic E-state index is -0.246. The van der Waals surface area contributed by atoms with Gasteiger partial charge in [-0.15, -0.1) is 0 Å². The second-order valence-electron chi connectivity index (χ2n) is 6.36. The van der Waals surface area contributed by atoms with E-state index in [4.69, 9.17) is 8.83 Å². The zero-order valence-corrected chi connectivity index (χ0v) is 15.0. The molecule has 0 bridgehead atoms. The number of aryl methyl sites for hydroxylation is 2. The largest absolute Gasteiger partial charge is 0.465 e. The third-order valence-corrected chi connectivity index (χ3v) is 4.21. The van der Waals surface area contributed by atoms with E-state index >= 15 is 0 Å². The Kier molecular flexibility index (Phi) is 4.34. The van der Waals surface area contributed by atoms with E-state index in [0.29, 0.717) is 28.4 Å². The van der Waals surface area contributed by atoms with Gasteiger partial charge in [-0.1, -0.05) is 17.7 Å². The molecule has 1 amide bonds. The third kappa shape index (κ3) is 3.67. The van der Waals surface area contributed by atoms with Crippen molar-refractivity contribution in [2.75, 3.05) is 5.32 Å². The molecule has 4 aromatic rings. The van der Waals surface area contributed by atoms with Crippen molar-refractivity contribution in [3.8, 4) is 11.5 Å². The van der Waals surface area contributed by atoms with Crippen molar-refractivity contribution >= 4 is 28.8 Å². The number of fused-ring (bicyclic) bond motifs is 1. The monoisotopic (exact) mass is 358 g/mol. The molecule has 4 rings (SSSR count). The summed E-state index contributed by atoms with van der Waals surface area (Å²) >= 11 is 0. The average Bonchev–Trinajstić information content (AvgIpc) is 3.29. The van der Waals surface area contributed by atoms with E-state index in [1.165, 1.54) is 11.6 Å². The van der Waals surface area contributed by atoms with Crippen LogP contribution in [0, 0.1) is 13.8 Å². The summed E-state index contributed by atoms with van der Waals surface area (Å²) in [5.74, 6) is 0.947. The van der Waals surface area contributed by atoms with Gasteiger partial charge in [0.05, 0.1) is 6.26 Å². The predicted molar refractivity (Wildman–Crippen MR) is 105 cm³/mol. The first kappa shape index (κ1) is 16.8. The van der Waals surface area contributed by atoms with Crippen LogP contribution in [0.5, 0.6) is 0 Å². The van der Waals surface area contributed by atoms with Crippen LogP contribution in [0.2, 0.25) is 0 Å². The maximum Gasteiger partial charge on any atom is 0.248 e. The highest BCUT2D eigenvalue weighted by Gasteiger charge is 2.11. The van der Waals surface area contributed by atoms with Crippen molar-refractivity contribution in [2.45, 2.75) is 13.8 Å². The van der Waals surface area contributed by atoms with Crippen molar-refractivity contribution < 1.29 is 13.6 Å². The molecule has 2 aromatic carbocycles. The van der Waals surface area contributed by atoms with Crippen molar-refractivity contribution in [3.63, 3.8) is 0 Å². The van der Waals surface area contributed by atoms with Gasteiger partial charge in [-0.25, -0.2) is 4.98 Å². The Bertz CT molecular complexity index is 1140. The Morgan fingerprint density at radius 2 is 2.00 bits per heavy atom. The lowest BCUT2D eigenvalue weighted by Gasteiger charge is -2.01. The number of nitrogens with one attached hydrogen (secondary N) is 1. The van der Waals surface area contributed by atoms with Gasteiger partial charge < -0.3 is 14.2 Å². The van der Waals surface area contributed by atoms with E-state index in [2.05, 4.69) is 23.3 Å². The number of amides is 1. The van der Waals surface area contributed by atoms with Gasteiger partial charge in [-0.2, -0.15) is 0 Å². The molecule has 0 saturated heterocycles. The third-order valence-electron chi connectivity index (χ3n) is 4.21. The van der Waals surface area contributed by atoms with E-state index in [0.717, 1.165) is 11.1 Å². The highest BCUT2D eigenvalue weighted by Crippen LogP contribution is 2.28. The summed E-state index contributed by atoms with van der Waals surface area (Å²) < 4.78 is 11.0. The minimum Gasteiger partial charge on any atom is -0.465 e. The quantitative estimate of drug-likeness (QED) is 0.499. The zero-order chi connectivity index (χ0) is 18.8. The fourth-order valence-corrected chi connectivity index (χ4v) is 2.90. The molecule has 0 atom stereocenters. The molecule has 5 nitrogen and oxygen atoms in total. The zero-order valence-electron chi connectivity index (χ0n) is 15.0. The average molecular weight is 358 g/mol. The van der Waals surface area contributed by atoms with E-state index in [-0.39, 0.29) is 5.91 Å². The lowest BCUT2D eigenvalue weighted by Crippen LogP contribution is -2.07. The molecule has 0 spiro atoms. The number of hydrogen-bond donors (Lipinski definition) is 1. The highest BCUT2D eigenvalue weighted by molar-refractivity contribution is 6.02. The lowest BCUT2D eigenvalue weighted by molar-refractivity contribution is -0.111. The standard InChI is InChI=1S/C22H18N2O3/c1-14-5-8-18(15(2)12-14)22-24-19-13-16(6-9-20(19)27-22)23-21(25)10-7-17-4-3-11-26-17/h3-13H,1-2H3,(H,23,25)/b10-7-. The number of rotatable bonds is 4. The number of furan rings is 1. The van der Waals surface area contributed by atoms with Crippen molar-refractivity contribution in [1.29, 1.82) is 0 Å². The van der Waals surface area contributed by atoms with Crippen LogP contribution in [-0.4, -0.2) is 10.9 Å². The van der Waals surface area contributed by atoms with Crippen LogP contribution in [-0.2, 0) is 4.79 Å². The smallest absolute Gasteiger partial charge is 0.248 e. The molecule has 0 radical (unpaired) electrons. The number of hydrogen-bond acceptors (Lipinski definition) is 4. The van der Waals surface area contributed by atoms with Crippen molar-refractivity contribution in [2.24, 2.45) is 0 Å². The SMILES string of the molecule is Cc1ccc(-c2nc3cc(NC(=O)/C=C\c4ccco4)ccc3o2)c(C)c1. The van der Waals surface area contributed by atoms with Gasteiger partial charge in [0.25, 0.3) is 0 Å². The molecule has 134 valence electrons. The van der Waals surface area contributed by atoms with Gasteiger partial charge in [0.1, 0.15) is 11.3 Å². The van der Waals surface area contributed by atoms with Gasteiger partial charge in [0.15, 0.2) is 5.58 Å². The van der Waals surface area contributed by atoms with Crippen LogP contribution in [0.25, 0.3) is 28.6 Å². The van der Waals surface area contributed by atoms with E-state index in [1.807, 2.05) is 19.1 Å². The van der Waals surface area contributed by atoms with Gasteiger partial charge in [-0.05, 0) is 61.9 Å². The number of carbonyl (C=O) groups excluding carboxylic acids is 1. The fraction of sp³-hybridized carbons (Fsp3) is 0.0909. The van der Waals surface area contributed by atoms with Gasteiger partial charge >= 0.3 is 0 Å².